The summed E-state index contributed by atoms with van der Waals surface area (Å²) in [6, 6.07) is 0. The lowest BCUT2D eigenvalue weighted by molar-refractivity contribution is -0.0766. The maximum atomic E-state index is 10.7. The van der Waals surface area contributed by atoms with Gasteiger partial charge in [0.05, 0.1) is 5.60 Å². The van der Waals surface area contributed by atoms with Crippen molar-refractivity contribution in [1.29, 1.82) is 0 Å². The van der Waals surface area contributed by atoms with E-state index in [1.807, 2.05) is 6.92 Å². The zero-order chi connectivity index (χ0) is 12.2. The van der Waals surface area contributed by atoms with Crippen LogP contribution in [0.25, 0.3) is 0 Å². The summed E-state index contributed by atoms with van der Waals surface area (Å²) < 4.78 is 0. The maximum absolute atomic E-state index is 10.7. The summed E-state index contributed by atoms with van der Waals surface area (Å²) in [7, 11) is 0. The number of hydrogen-bond acceptors (Lipinski definition) is 1. The standard InChI is InChI=1S/C14H30O/c1-8-10(3)12(5)14(7,15)13(6)11(4)9-2/h10-13,15H,8-9H2,1-7H3. The Morgan fingerprint density at radius 1 is 0.867 bits per heavy atom. The number of rotatable bonds is 6. The quantitative estimate of drug-likeness (QED) is 0.705. The fourth-order valence-corrected chi connectivity index (χ4v) is 2.27. The minimum atomic E-state index is -0.537. The molecule has 0 saturated heterocycles. The molecular weight excluding hydrogens is 184 g/mol. The van der Waals surface area contributed by atoms with Gasteiger partial charge >= 0.3 is 0 Å². The van der Waals surface area contributed by atoms with Gasteiger partial charge in [-0.15, -0.1) is 0 Å². The van der Waals surface area contributed by atoms with Gasteiger partial charge in [0.2, 0.25) is 0 Å². The predicted octanol–water partition coefficient (Wildman–Crippen LogP) is 4.10. The number of hydrogen-bond donors (Lipinski definition) is 1. The van der Waals surface area contributed by atoms with Gasteiger partial charge < -0.3 is 5.11 Å². The third kappa shape index (κ3) is 3.48. The average molecular weight is 214 g/mol. The molecule has 0 aromatic heterocycles. The van der Waals surface area contributed by atoms with Crippen LogP contribution in [0.3, 0.4) is 0 Å². The van der Waals surface area contributed by atoms with Gasteiger partial charge in [-0.25, -0.2) is 0 Å². The molecule has 0 aromatic carbocycles. The van der Waals surface area contributed by atoms with Crippen LogP contribution in [-0.2, 0) is 0 Å². The summed E-state index contributed by atoms with van der Waals surface area (Å²) in [6.45, 7) is 15.3. The lowest BCUT2D eigenvalue weighted by Crippen LogP contribution is -2.44. The Morgan fingerprint density at radius 3 is 1.33 bits per heavy atom. The van der Waals surface area contributed by atoms with Crippen LogP contribution < -0.4 is 0 Å². The summed E-state index contributed by atoms with van der Waals surface area (Å²) in [5, 5.41) is 10.7. The van der Waals surface area contributed by atoms with E-state index in [-0.39, 0.29) is 0 Å². The Balaban J connectivity index is 4.64. The molecule has 0 aromatic rings. The van der Waals surface area contributed by atoms with Crippen molar-refractivity contribution in [3.05, 3.63) is 0 Å². The molecule has 0 radical (unpaired) electrons. The highest BCUT2D eigenvalue weighted by atomic mass is 16.3. The van der Waals surface area contributed by atoms with E-state index in [0.717, 1.165) is 12.8 Å². The van der Waals surface area contributed by atoms with E-state index in [4.69, 9.17) is 0 Å². The Labute approximate surface area is 96.3 Å². The Hall–Kier alpha value is -0.0400. The molecule has 4 unspecified atom stereocenters. The van der Waals surface area contributed by atoms with Crippen LogP contribution in [0.5, 0.6) is 0 Å². The van der Waals surface area contributed by atoms with E-state index in [2.05, 4.69) is 41.5 Å². The molecule has 0 bridgehead atoms. The van der Waals surface area contributed by atoms with Gasteiger partial charge in [-0.1, -0.05) is 54.4 Å². The van der Waals surface area contributed by atoms with Gasteiger partial charge in [0, 0.05) is 0 Å². The van der Waals surface area contributed by atoms with E-state index in [1.165, 1.54) is 0 Å². The zero-order valence-electron chi connectivity index (χ0n) is 11.7. The molecule has 0 aliphatic heterocycles. The topological polar surface area (TPSA) is 20.2 Å². The van der Waals surface area contributed by atoms with Crippen LogP contribution in [0.2, 0.25) is 0 Å². The molecule has 15 heavy (non-hydrogen) atoms. The minimum absolute atomic E-state index is 0.367. The summed E-state index contributed by atoms with van der Waals surface area (Å²) >= 11 is 0. The van der Waals surface area contributed by atoms with E-state index < -0.39 is 5.60 Å². The summed E-state index contributed by atoms with van der Waals surface area (Å²) in [5.74, 6) is 1.91. The fourth-order valence-electron chi connectivity index (χ4n) is 2.27. The molecule has 0 fully saturated rings. The fraction of sp³-hybridized carbons (Fsp3) is 1.00. The second kappa shape index (κ2) is 5.89. The average Bonchev–Trinajstić information content (AvgIpc) is 2.24. The summed E-state index contributed by atoms with van der Waals surface area (Å²) in [6.07, 6.45) is 2.29. The first kappa shape index (κ1) is 15.0. The molecule has 1 nitrogen and oxygen atoms in total. The first-order valence-electron chi connectivity index (χ1n) is 6.51. The van der Waals surface area contributed by atoms with Gasteiger partial charge in [0.25, 0.3) is 0 Å². The zero-order valence-corrected chi connectivity index (χ0v) is 11.7. The van der Waals surface area contributed by atoms with Crippen molar-refractivity contribution in [2.75, 3.05) is 0 Å². The van der Waals surface area contributed by atoms with Crippen molar-refractivity contribution in [3.8, 4) is 0 Å². The van der Waals surface area contributed by atoms with Gasteiger partial charge in [0.1, 0.15) is 0 Å². The number of aliphatic hydroxyl groups is 1. The molecule has 0 saturated carbocycles. The first-order chi connectivity index (χ1) is 6.78. The highest BCUT2D eigenvalue weighted by molar-refractivity contribution is 4.88. The Kier molecular flexibility index (Phi) is 5.87. The van der Waals surface area contributed by atoms with E-state index in [9.17, 15) is 5.11 Å². The van der Waals surface area contributed by atoms with Crippen LogP contribution in [0.1, 0.15) is 61.3 Å². The van der Waals surface area contributed by atoms with Gasteiger partial charge in [0.15, 0.2) is 0 Å². The minimum Gasteiger partial charge on any atom is -0.390 e. The van der Waals surface area contributed by atoms with Crippen LogP contribution in [0.4, 0.5) is 0 Å². The monoisotopic (exact) mass is 214 g/mol. The SMILES string of the molecule is CCC(C)C(C)C(C)(O)C(C)C(C)CC. The highest BCUT2D eigenvalue weighted by Crippen LogP contribution is 2.36. The van der Waals surface area contributed by atoms with Crippen LogP contribution in [0.15, 0.2) is 0 Å². The Morgan fingerprint density at radius 2 is 1.13 bits per heavy atom. The second-order valence-electron chi connectivity index (χ2n) is 5.57. The molecule has 1 N–H and O–H groups in total. The molecule has 0 spiro atoms. The second-order valence-corrected chi connectivity index (χ2v) is 5.57. The van der Waals surface area contributed by atoms with Crippen molar-refractivity contribution in [2.45, 2.75) is 66.9 Å². The van der Waals surface area contributed by atoms with E-state index in [1.54, 1.807) is 0 Å². The first-order valence-corrected chi connectivity index (χ1v) is 6.51. The molecule has 0 aliphatic rings. The Bertz CT molecular complexity index is 156. The third-order valence-electron chi connectivity index (χ3n) is 4.84. The molecule has 4 atom stereocenters. The van der Waals surface area contributed by atoms with Crippen molar-refractivity contribution in [2.24, 2.45) is 23.7 Å². The van der Waals surface area contributed by atoms with Crippen molar-refractivity contribution >= 4 is 0 Å². The van der Waals surface area contributed by atoms with Crippen molar-refractivity contribution < 1.29 is 5.11 Å². The van der Waals surface area contributed by atoms with E-state index >= 15 is 0 Å². The summed E-state index contributed by atoms with van der Waals surface area (Å²) in [4.78, 5) is 0. The van der Waals surface area contributed by atoms with Crippen LogP contribution >= 0.6 is 0 Å². The van der Waals surface area contributed by atoms with Crippen LogP contribution in [0, 0.1) is 23.7 Å². The van der Waals surface area contributed by atoms with Crippen molar-refractivity contribution in [1.82, 2.24) is 0 Å². The molecule has 92 valence electrons. The summed E-state index contributed by atoms with van der Waals surface area (Å²) in [5.41, 5.74) is -0.537. The smallest absolute Gasteiger partial charge is 0.0675 e. The molecule has 0 rings (SSSR count). The van der Waals surface area contributed by atoms with Gasteiger partial charge in [-0.2, -0.15) is 0 Å². The lowest BCUT2D eigenvalue weighted by Gasteiger charge is -2.41. The molecule has 0 aliphatic carbocycles. The van der Waals surface area contributed by atoms with E-state index in [0.29, 0.717) is 23.7 Å². The molecule has 0 amide bonds. The highest BCUT2D eigenvalue weighted by Gasteiger charge is 2.38. The molecule has 1 heteroatoms. The van der Waals surface area contributed by atoms with Crippen molar-refractivity contribution in [3.63, 3.8) is 0 Å². The maximum Gasteiger partial charge on any atom is 0.0675 e. The lowest BCUT2D eigenvalue weighted by atomic mass is 9.69. The van der Waals surface area contributed by atoms with Gasteiger partial charge in [-0.05, 0) is 30.6 Å². The normalized spacial score (nSPS) is 24.0. The molecule has 0 heterocycles. The predicted molar refractivity (Wildman–Crippen MR) is 67.9 cm³/mol. The van der Waals surface area contributed by atoms with Crippen LogP contribution in [-0.4, -0.2) is 10.7 Å². The molecular formula is C14H30O. The third-order valence-corrected chi connectivity index (χ3v) is 4.84. The van der Waals surface area contributed by atoms with Gasteiger partial charge in [-0.3, -0.25) is 0 Å². The largest absolute Gasteiger partial charge is 0.390 e.